The maximum Gasteiger partial charge on any atom is 0.264 e. The first-order valence-corrected chi connectivity index (χ1v) is 9.71. The Labute approximate surface area is 148 Å². The zero-order valence-electron chi connectivity index (χ0n) is 14.9. The molecule has 6 heteroatoms. The second-order valence-corrected chi connectivity index (χ2v) is 9.04. The van der Waals surface area contributed by atoms with Crippen LogP contribution in [0.15, 0.2) is 35.2 Å². The molecule has 0 saturated heterocycles. The molecule has 2 aromatic carbocycles. The molecule has 1 heterocycles. The third kappa shape index (κ3) is 2.65. The first-order valence-electron chi connectivity index (χ1n) is 8.27. The Morgan fingerprint density at radius 1 is 1.16 bits per heavy atom. The van der Waals surface area contributed by atoms with E-state index in [-0.39, 0.29) is 22.9 Å². The lowest BCUT2D eigenvalue weighted by Crippen LogP contribution is -2.34. The lowest BCUT2D eigenvalue weighted by molar-refractivity contribution is 0.398. The van der Waals surface area contributed by atoms with Gasteiger partial charge in [-0.3, -0.25) is 4.31 Å². The van der Waals surface area contributed by atoms with E-state index < -0.39 is 15.4 Å². The number of nitrogens with zero attached hydrogens (tertiary/aromatic N) is 1. The van der Waals surface area contributed by atoms with E-state index >= 15 is 0 Å². The van der Waals surface area contributed by atoms with Crippen LogP contribution in [0.25, 0.3) is 0 Å². The largest absolute Gasteiger partial charge is 0.504 e. The summed E-state index contributed by atoms with van der Waals surface area (Å²) in [7, 11) is -3.75. The first kappa shape index (κ1) is 17.6. The van der Waals surface area contributed by atoms with Crippen molar-refractivity contribution in [3.8, 4) is 11.5 Å². The fourth-order valence-electron chi connectivity index (χ4n) is 3.57. The van der Waals surface area contributed by atoms with Crippen molar-refractivity contribution < 1.29 is 18.6 Å². The normalized spacial score (nSPS) is 16.1. The zero-order chi connectivity index (χ0) is 18.6. The van der Waals surface area contributed by atoms with E-state index in [0.717, 1.165) is 11.1 Å². The Morgan fingerprint density at radius 3 is 2.32 bits per heavy atom. The highest BCUT2D eigenvalue weighted by atomic mass is 32.2. The molecule has 3 rings (SSSR count). The smallest absolute Gasteiger partial charge is 0.264 e. The van der Waals surface area contributed by atoms with E-state index in [4.69, 9.17) is 0 Å². The maximum atomic E-state index is 13.2. The van der Waals surface area contributed by atoms with Gasteiger partial charge in [0.2, 0.25) is 0 Å². The number of anilines is 1. The Bertz CT molecular complexity index is 931. The van der Waals surface area contributed by atoms with Crippen molar-refractivity contribution in [3.63, 3.8) is 0 Å². The van der Waals surface area contributed by atoms with Gasteiger partial charge < -0.3 is 10.2 Å². The Balaban J connectivity index is 2.23. The summed E-state index contributed by atoms with van der Waals surface area (Å²) in [5, 5.41) is 20.3. The molecule has 0 bridgehead atoms. The molecule has 2 aromatic rings. The molecule has 0 saturated carbocycles. The highest BCUT2D eigenvalue weighted by molar-refractivity contribution is 7.92. The van der Waals surface area contributed by atoms with Crippen molar-refractivity contribution in [1.29, 1.82) is 0 Å². The predicted octanol–water partition coefficient (Wildman–Crippen LogP) is 3.46. The van der Waals surface area contributed by atoms with Crippen LogP contribution in [0.2, 0.25) is 0 Å². The van der Waals surface area contributed by atoms with Crippen molar-refractivity contribution in [2.24, 2.45) is 0 Å². The van der Waals surface area contributed by atoms with Gasteiger partial charge in [-0.05, 0) is 31.0 Å². The third-order valence-corrected chi connectivity index (χ3v) is 6.58. The van der Waals surface area contributed by atoms with Crippen LogP contribution >= 0.6 is 0 Å². The maximum absolute atomic E-state index is 13.2. The van der Waals surface area contributed by atoms with Crippen LogP contribution < -0.4 is 4.31 Å². The van der Waals surface area contributed by atoms with E-state index in [9.17, 15) is 18.6 Å². The SMILES string of the molecule is CCc1c(O)c(O)cc2c1C(C)(C)CN2S(=O)(=O)c1ccc(C)cc1. The molecule has 0 fully saturated rings. The molecule has 0 atom stereocenters. The summed E-state index contributed by atoms with van der Waals surface area (Å²) >= 11 is 0. The number of sulfonamides is 1. The summed E-state index contributed by atoms with van der Waals surface area (Å²) in [4.78, 5) is 0.215. The molecule has 0 radical (unpaired) electrons. The lowest BCUT2D eigenvalue weighted by Gasteiger charge is -2.22. The first-order chi connectivity index (χ1) is 11.6. The van der Waals surface area contributed by atoms with E-state index in [1.165, 1.54) is 10.4 Å². The molecule has 2 N–H and O–H groups in total. The summed E-state index contributed by atoms with van der Waals surface area (Å²) < 4.78 is 27.7. The van der Waals surface area contributed by atoms with Crippen LogP contribution in [0.1, 0.15) is 37.5 Å². The number of hydrogen-bond donors (Lipinski definition) is 2. The fraction of sp³-hybridized carbons (Fsp3) is 0.368. The van der Waals surface area contributed by atoms with Gasteiger partial charge >= 0.3 is 0 Å². The summed E-state index contributed by atoms with van der Waals surface area (Å²) in [5.74, 6) is -0.457. The van der Waals surface area contributed by atoms with E-state index in [1.54, 1.807) is 24.3 Å². The Morgan fingerprint density at radius 2 is 1.76 bits per heavy atom. The molecule has 0 unspecified atom stereocenters. The molecule has 1 aliphatic rings. The second kappa shape index (κ2) is 5.66. The topological polar surface area (TPSA) is 77.8 Å². The minimum Gasteiger partial charge on any atom is -0.504 e. The highest BCUT2D eigenvalue weighted by Crippen LogP contribution is 2.50. The quantitative estimate of drug-likeness (QED) is 0.821. The van der Waals surface area contributed by atoms with Crippen LogP contribution in [0.4, 0.5) is 5.69 Å². The van der Waals surface area contributed by atoms with Crippen LogP contribution in [0.3, 0.4) is 0 Å². The van der Waals surface area contributed by atoms with Crippen molar-refractivity contribution in [1.82, 2.24) is 0 Å². The van der Waals surface area contributed by atoms with E-state index in [0.29, 0.717) is 17.7 Å². The van der Waals surface area contributed by atoms with Gasteiger partial charge in [0.25, 0.3) is 10.0 Å². The van der Waals surface area contributed by atoms with Crippen LogP contribution in [0, 0.1) is 6.92 Å². The number of rotatable bonds is 3. The Kier molecular flexibility index (Phi) is 3.99. The zero-order valence-corrected chi connectivity index (χ0v) is 15.7. The standard InChI is InChI=1S/C19H23NO4S/c1-5-14-17-15(10-16(21)18(14)22)20(11-19(17,3)4)25(23,24)13-8-6-12(2)7-9-13/h6-10,21-22H,5,11H2,1-4H3. The molecular weight excluding hydrogens is 338 g/mol. The number of hydrogen-bond acceptors (Lipinski definition) is 4. The van der Waals surface area contributed by atoms with Gasteiger partial charge in [-0.1, -0.05) is 38.5 Å². The summed E-state index contributed by atoms with van der Waals surface area (Å²) in [6.45, 7) is 7.94. The van der Waals surface area contributed by atoms with Gasteiger partial charge in [0.15, 0.2) is 11.5 Å². The number of fused-ring (bicyclic) bond motifs is 1. The summed E-state index contributed by atoms with van der Waals surface area (Å²) in [6.07, 6.45) is 0.504. The fourth-order valence-corrected chi connectivity index (χ4v) is 5.20. The monoisotopic (exact) mass is 361 g/mol. The van der Waals surface area contributed by atoms with Crippen molar-refractivity contribution in [2.75, 3.05) is 10.8 Å². The molecule has 0 aromatic heterocycles. The van der Waals surface area contributed by atoms with E-state index in [1.807, 2.05) is 27.7 Å². The van der Waals surface area contributed by atoms with Gasteiger partial charge in [-0.25, -0.2) is 8.42 Å². The molecule has 134 valence electrons. The van der Waals surface area contributed by atoms with E-state index in [2.05, 4.69) is 0 Å². The van der Waals surface area contributed by atoms with Gasteiger partial charge in [-0.15, -0.1) is 0 Å². The van der Waals surface area contributed by atoms with Crippen LogP contribution in [0.5, 0.6) is 11.5 Å². The molecule has 0 spiro atoms. The molecule has 0 aliphatic carbocycles. The van der Waals surface area contributed by atoms with Crippen molar-refractivity contribution in [3.05, 3.63) is 47.0 Å². The van der Waals surface area contributed by atoms with Gasteiger partial charge in [0.1, 0.15) is 0 Å². The molecular formula is C19H23NO4S. The van der Waals surface area contributed by atoms with Crippen LogP contribution in [-0.4, -0.2) is 25.2 Å². The number of benzene rings is 2. The molecule has 1 aliphatic heterocycles. The number of phenols is 2. The molecule has 0 amide bonds. The minimum atomic E-state index is -3.75. The lowest BCUT2D eigenvalue weighted by atomic mass is 9.82. The van der Waals surface area contributed by atoms with Gasteiger partial charge in [0, 0.05) is 23.6 Å². The van der Waals surface area contributed by atoms with Gasteiger partial charge in [0.05, 0.1) is 10.6 Å². The average Bonchev–Trinajstić information content (AvgIpc) is 2.81. The average molecular weight is 361 g/mol. The predicted molar refractivity (Wildman–Crippen MR) is 97.9 cm³/mol. The number of aromatic hydroxyl groups is 2. The number of phenolic OH excluding ortho intramolecular Hbond substituents is 2. The molecule has 5 nitrogen and oxygen atoms in total. The molecule has 25 heavy (non-hydrogen) atoms. The summed E-state index contributed by atoms with van der Waals surface area (Å²) in [5.41, 5.74) is 2.33. The summed E-state index contributed by atoms with van der Waals surface area (Å²) in [6, 6.07) is 8.07. The van der Waals surface area contributed by atoms with Crippen molar-refractivity contribution >= 4 is 15.7 Å². The van der Waals surface area contributed by atoms with Gasteiger partial charge in [-0.2, -0.15) is 0 Å². The minimum absolute atomic E-state index is 0.163. The second-order valence-electron chi connectivity index (χ2n) is 7.18. The third-order valence-electron chi connectivity index (χ3n) is 4.81. The Hall–Kier alpha value is -2.21. The van der Waals surface area contributed by atoms with Crippen molar-refractivity contribution in [2.45, 2.75) is 44.4 Å². The number of aryl methyl sites for hydroxylation is 1. The van der Waals surface area contributed by atoms with Crippen LogP contribution in [-0.2, 0) is 21.9 Å². The highest BCUT2D eigenvalue weighted by Gasteiger charge is 2.43.